The highest BCUT2D eigenvalue weighted by molar-refractivity contribution is 14.0. The number of hydrogen-bond acceptors (Lipinski definition) is 3. The number of hydrogen-bond donors (Lipinski definition) is 2. The van der Waals surface area contributed by atoms with Crippen LogP contribution in [0.1, 0.15) is 17.0 Å². The highest BCUT2D eigenvalue weighted by atomic mass is 127. The third-order valence-corrected chi connectivity index (χ3v) is 4.83. The van der Waals surface area contributed by atoms with Crippen LogP contribution in [0.4, 0.5) is 0 Å². The molecule has 0 bridgehead atoms. The molecule has 3 rings (SSSR count). The van der Waals surface area contributed by atoms with Gasteiger partial charge >= 0.3 is 0 Å². The number of carbonyl (C=O) groups is 1. The Morgan fingerprint density at radius 2 is 1.69 bits per heavy atom. The number of rotatable bonds is 7. The van der Waals surface area contributed by atoms with Crippen molar-refractivity contribution in [2.45, 2.75) is 12.3 Å². The fraction of sp³-hybridized carbons (Fsp3) is 0.364. The molecule has 3 N–H and O–H groups in total. The molecular weight excluding hydrogens is 479 g/mol. The maximum atomic E-state index is 13.1. The molecule has 0 radical (unpaired) electrons. The second-order valence-corrected chi connectivity index (χ2v) is 6.79. The molecule has 1 amide bonds. The van der Waals surface area contributed by atoms with Gasteiger partial charge in [0.2, 0.25) is 5.91 Å². The summed E-state index contributed by atoms with van der Waals surface area (Å²) >= 11 is 0. The van der Waals surface area contributed by atoms with Crippen molar-refractivity contribution in [1.82, 2.24) is 10.2 Å². The quantitative estimate of drug-likeness (QED) is 0.342. The standard InChI is InChI=1S/C22H28N4O2.HI/c23-22(24-12-11-18-7-3-1-4-8-18)25-17-20(19-9-5-2-6-10-19)21(27)26-13-15-28-16-14-26;/h1-10,20H,11-17H2,(H3,23,24,25);1H. The molecule has 2 aromatic rings. The maximum Gasteiger partial charge on any atom is 0.232 e. The molecule has 1 heterocycles. The maximum absolute atomic E-state index is 13.1. The zero-order valence-electron chi connectivity index (χ0n) is 16.5. The van der Waals surface area contributed by atoms with Crippen molar-refractivity contribution in [1.29, 1.82) is 0 Å². The van der Waals surface area contributed by atoms with E-state index in [0.717, 1.165) is 12.0 Å². The number of nitrogens with zero attached hydrogens (tertiary/aromatic N) is 2. The second-order valence-electron chi connectivity index (χ2n) is 6.79. The van der Waals surface area contributed by atoms with E-state index in [0.29, 0.717) is 45.4 Å². The summed E-state index contributed by atoms with van der Waals surface area (Å²) in [5.74, 6) is 0.107. The zero-order chi connectivity index (χ0) is 19.6. The summed E-state index contributed by atoms with van der Waals surface area (Å²) in [4.78, 5) is 19.4. The number of amides is 1. The van der Waals surface area contributed by atoms with Gasteiger partial charge in [0.1, 0.15) is 0 Å². The Labute approximate surface area is 189 Å². The molecule has 29 heavy (non-hydrogen) atoms. The first-order valence-corrected chi connectivity index (χ1v) is 9.73. The van der Waals surface area contributed by atoms with Gasteiger partial charge < -0.3 is 20.7 Å². The first-order valence-electron chi connectivity index (χ1n) is 9.73. The lowest BCUT2D eigenvalue weighted by atomic mass is 9.97. The molecule has 2 aromatic carbocycles. The molecule has 156 valence electrons. The number of nitrogens with one attached hydrogen (secondary N) is 1. The smallest absolute Gasteiger partial charge is 0.232 e. The summed E-state index contributed by atoms with van der Waals surface area (Å²) in [6.07, 6.45) is 0.867. The molecule has 0 aliphatic carbocycles. The fourth-order valence-electron chi connectivity index (χ4n) is 3.24. The Morgan fingerprint density at radius 1 is 1.07 bits per heavy atom. The van der Waals surface area contributed by atoms with Gasteiger partial charge in [-0.05, 0) is 17.5 Å². The van der Waals surface area contributed by atoms with Crippen molar-refractivity contribution < 1.29 is 9.53 Å². The Kier molecular flexibility index (Phi) is 9.93. The predicted octanol–water partition coefficient (Wildman–Crippen LogP) is 2.39. The van der Waals surface area contributed by atoms with Gasteiger partial charge in [-0.25, -0.2) is 0 Å². The van der Waals surface area contributed by atoms with Gasteiger partial charge in [0.05, 0.1) is 25.7 Å². The number of benzene rings is 2. The SMILES string of the molecule is I.NC(=NCC(C(=O)N1CCOCC1)c1ccccc1)NCCc1ccccc1. The third-order valence-electron chi connectivity index (χ3n) is 4.83. The molecule has 0 spiro atoms. The van der Waals surface area contributed by atoms with Crippen molar-refractivity contribution >= 4 is 35.8 Å². The van der Waals surface area contributed by atoms with Crippen LogP contribution >= 0.6 is 24.0 Å². The molecule has 0 saturated carbocycles. The van der Waals surface area contributed by atoms with E-state index in [1.165, 1.54) is 5.56 Å². The van der Waals surface area contributed by atoms with Crippen LogP contribution in [-0.4, -0.2) is 56.2 Å². The van der Waals surface area contributed by atoms with E-state index in [9.17, 15) is 4.79 Å². The summed E-state index contributed by atoms with van der Waals surface area (Å²) in [5, 5.41) is 3.14. The third kappa shape index (κ3) is 7.32. The second kappa shape index (κ2) is 12.4. The van der Waals surface area contributed by atoms with Crippen LogP contribution in [0.15, 0.2) is 65.7 Å². The summed E-state index contributed by atoms with van der Waals surface area (Å²) in [7, 11) is 0. The van der Waals surface area contributed by atoms with Crippen molar-refractivity contribution in [3.05, 3.63) is 71.8 Å². The van der Waals surface area contributed by atoms with Crippen LogP contribution in [0.2, 0.25) is 0 Å². The molecule has 1 aliphatic heterocycles. The molecule has 6 nitrogen and oxygen atoms in total. The highest BCUT2D eigenvalue weighted by Gasteiger charge is 2.27. The van der Waals surface area contributed by atoms with Crippen molar-refractivity contribution in [2.75, 3.05) is 39.4 Å². The summed E-state index contributed by atoms with van der Waals surface area (Å²) < 4.78 is 5.36. The van der Waals surface area contributed by atoms with E-state index in [1.54, 1.807) is 0 Å². The first-order chi connectivity index (χ1) is 13.7. The van der Waals surface area contributed by atoms with E-state index < -0.39 is 0 Å². The molecular formula is C22H29IN4O2. The van der Waals surface area contributed by atoms with Gasteiger partial charge in [-0.3, -0.25) is 9.79 Å². The Hall–Kier alpha value is -2.13. The Balaban J connectivity index is 0.00000300. The molecule has 0 aromatic heterocycles. The van der Waals surface area contributed by atoms with Crippen LogP contribution < -0.4 is 11.1 Å². The van der Waals surface area contributed by atoms with E-state index >= 15 is 0 Å². The molecule has 1 aliphatic rings. The van der Waals surface area contributed by atoms with Crippen LogP contribution in [-0.2, 0) is 16.0 Å². The highest BCUT2D eigenvalue weighted by Crippen LogP contribution is 2.20. The summed E-state index contributed by atoms with van der Waals surface area (Å²) in [6, 6.07) is 20.0. The normalized spacial score (nSPS) is 15.3. The number of nitrogens with two attached hydrogens (primary N) is 1. The minimum Gasteiger partial charge on any atom is -0.378 e. The zero-order valence-corrected chi connectivity index (χ0v) is 18.8. The summed E-state index contributed by atoms with van der Waals surface area (Å²) in [5.41, 5.74) is 8.24. The average molecular weight is 508 g/mol. The Morgan fingerprint density at radius 3 is 2.34 bits per heavy atom. The van der Waals surface area contributed by atoms with Gasteiger partial charge in [0.15, 0.2) is 5.96 Å². The van der Waals surface area contributed by atoms with Crippen LogP contribution in [0.25, 0.3) is 0 Å². The monoisotopic (exact) mass is 508 g/mol. The number of ether oxygens (including phenoxy) is 1. The van der Waals surface area contributed by atoms with Gasteiger partial charge in [-0.1, -0.05) is 60.7 Å². The van der Waals surface area contributed by atoms with Crippen molar-refractivity contribution in [3.63, 3.8) is 0 Å². The average Bonchev–Trinajstić information content (AvgIpc) is 2.76. The minimum absolute atomic E-state index is 0. The van der Waals surface area contributed by atoms with Gasteiger partial charge in [0.25, 0.3) is 0 Å². The molecule has 1 atom stereocenters. The lowest BCUT2D eigenvalue weighted by Crippen LogP contribution is -2.44. The van der Waals surface area contributed by atoms with E-state index in [-0.39, 0.29) is 35.8 Å². The first kappa shape index (κ1) is 23.2. The molecule has 1 saturated heterocycles. The van der Waals surface area contributed by atoms with E-state index in [2.05, 4.69) is 22.4 Å². The van der Waals surface area contributed by atoms with Gasteiger partial charge in [-0.15, -0.1) is 24.0 Å². The number of carbonyl (C=O) groups excluding carboxylic acids is 1. The predicted molar refractivity (Wildman–Crippen MR) is 127 cm³/mol. The lowest BCUT2D eigenvalue weighted by molar-refractivity contribution is -0.136. The number of guanidine groups is 1. The van der Waals surface area contributed by atoms with Crippen LogP contribution in [0, 0.1) is 0 Å². The Bertz CT molecular complexity index is 765. The van der Waals surface area contributed by atoms with E-state index in [1.807, 2.05) is 53.4 Å². The van der Waals surface area contributed by atoms with E-state index in [4.69, 9.17) is 10.5 Å². The molecule has 7 heteroatoms. The summed E-state index contributed by atoms with van der Waals surface area (Å²) in [6.45, 7) is 3.43. The largest absolute Gasteiger partial charge is 0.378 e. The topological polar surface area (TPSA) is 80.0 Å². The molecule has 1 fully saturated rings. The number of aliphatic imine (C=N–C) groups is 1. The number of halogens is 1. The molecule has 1 unspecified atom stereocenters. The van der Waals surface area contributed by atoms with Gasteiger partial charge in [-0.2, -0.15) is 0 Å². The van der Waals surface area contributed by atoms with Crippen LogP contribution in [0.5, 0.6) is 0 Å². The fourth-order valence-corrected chi connectivity index (χ4v) is 3.24. The number of morpholine rings is 1. The van der Waals surface area contributed by atoms with Gasteiger partial charge in [0, 0.05) is 19.6 Å². The lowest BCUT2D eigenvalue weighted by Gasteiger charge is -2.30. The minimum atomic E-state index is -0.339. The van der Waals surface area contributed by atoms with Crippen molar-refractivity contribution in [2.24, 2.45) is 10.7 Å². The van der Waals surface area contributed by atoms with Crippen molar-refractivity contribution in [3.8, 4) is 0 Å². The van der Waals surface area contributed by atoms with Crippen LogP contribution in [0.3, 0.4) is 0 Å².